The highest BCUT2D eigenvalue weighted by Gasteiger charge is 2.22. The summed E-state index contributed by atoms with van der Waals surface area (Å²) in [5, 5.41) is 23.9. The van der Waals surface area contributed by atoms with Gasteiger partial charge in [-0.25, -0.2) is 9.67 Å². The lowest BCUT2D eigenvalue weighted by Crippen LogP contribution is -2.19. The molecular weight excluding hydrogens is 416 g/mol. The minimum absolute atomic E-state index is 0.133. The van der Waals surface area contributed by atoms with Crippen molar-refractivity contribution in [2.75, 3.05) is 5.32 Å². The number of carbonyl (C=O) groups is 1. The normalized spacial score (nSPS) is 13.9. The highest BCUT2D eigenvalue weighted by Crippen LogP contribution is 2.29. The number of hydrogen-bond donors (Lipinski definition) is 1. The summed E-state index contributed by atoms with van der Waals surface area (Å²) >= 11 is 0. The molecule has 0 radical (unpaired) electrons. The molecule has 1 N–H and O–H groups in total. The van der Waals surface area contributed by atoms with E-state index in [0.717, 1.165) is 35.3 Å². The summed E-state index contributed by atoms with van der Waals surface area (Å²) in [4.78, 5) is 17.5. The molecule has 166 valence electrons. The maximum Gasteiger partial charge on any atom is 0.232 e. The number of amides is 1. The maximum atomic E-state index is 12.7. The van der Waals surface area contributed by atoms with Crippen LogP contribution in [0.4, 0.5) is 5.69 Å². The number of imidazole rings is 1. The predicted octanol–water partition coefficient (Wildman–Crippen LogP) is 3.32. The van der Waals surface area contributed by atoms with Gasteiger partial charge in [-0.15, -0.1) is 5.10 Å². The van der Waals surface area contributed by atoms with Crippen LogP contribution in [0.25, 0.3) is 11.0 Å². The van der Waals surface area contributed by atoms with Gasteiger partial charge in [-0.1, -0.05) is 25.0 Å². The van der Waals surface area contributed by atoms with Crippen molar-refractivity contribution in [1.29, 1.82) is 5.26 Å². The molecule has 2 heterocycles. The van der Waals surface area contributed by atoms with Gasteiger partial charge in [0.1, 0.15) is 5.82 Å². The fraction of sp³-hybridized carbons (Fsp3) is 0.333. The lowest BCUT2D eigenvalue weighted by atomic mass is 10.1. The second kappa shape index (κ2) is 8.82. The van der Waals surface area contributed by atoms with E-state index in [9.17, 15) is 4.79 Å². The Morgan fingerprint density at radius 1 is 1.15 bits per heavy atom. The van der Waals surface area contributed by atoms with Gasteiger partial charge < -0.3 is 9.88 Å². The molecule has 0 atom stereocenters. The number of hydrogen-bond acceptors (Lipinski definition) is 6. The van der Waals surface area contributed by atoms with Crippen molar-refractivity contribution in [3.05, 3.63) is 65.2 Å². The Labute approximate surface area is 191 Å². The molecule has 9 nitrogen and oxygen atoms in total. The van der Waals surface area contributed by atoms with Gasteiger partial charge in [-0.3, -0.25) is 4.79 Å². The Morgan fingerprint density at radius 2 is 1.94 bits per heavy atom. The van der Waals surface area contributed by atoms with Crippen LogP contribution in [0.3, 0.4) is 0 Å². The summed E-state index contributed by atoms with van der Waals surface area (Å²) in [7, 11) is 1.98. The van der Waals surface area contributed by atoms with Crippen LogP contribution in [-0.2, 0) is 24.7 Å². The number of rotatable bonds is 6. The standard InChI is InChI=1S/C24H24N8O/c1-31-21-11-10-18(13-20(21)27-22(31)12-16-6-8-17(15-25)9-7-16)26-24(33)14-23-28-29-30-32(23)19-4-2-3-5-19/h6-11,13,19H,2-5,12,14H2,1H3,(H,26,33). The summed E-state index contributed by atoms with van der Waals surface area (Å²) in [5.41, 5.74) is 4.22. The van der Waals surface area contributed by atoms with Gasteiger partial charge >= 0.3 is 0 Å². The largest absolute Gasteiger partial charge is 0.331 e. The van der Waals surface area contributed by atoms with Crippen LogP contribution in [0, 0.1) is 11.3 Å². The van der Waals surface area contributed by atoms with Crippen molar-refractivity contribution in [3.63, 3.8) is 0 Å². The van der Waals surface area contributed by atoms with Gasteiger partial charge in [0.05, 0.1) is 35.1 Å². The molecule has 0 saturated heterocycles. The van der Waals surface area contributed by atoms with Gasteiger partial charge in [0, 0.05) is 19.2 Å². The minimum atomic E-state index is -0.155. The molecule has 1 fully saturated rings. The number of carbonyl (C=O) groups excluding carboxylic acids is 1. The molecule has 9 heteroatoms. The smallest absolute Gasteiger partial charge is 0.232 e. The monoisotopic (exact) mass is 440 g/mol. The topological polar surface area (TPSA) is 114 Å². The third-order valence-corrected chi connectivity index (χ3v) is 6.25. The molecule has 0 spiro atoms. The lowest BCUT2D eigenvalue weighted by molar-refractivity contribution is -0.115. The highest BCUT2D eigenvalue weighted by molar-refractivity contribution is 5.94. The summed E-state index contributed by atoms with van der Waals surface area (Å²) in [6, 6.07) is 15.7. The average molecular weight is 441 g/mol. The molecule has 0 bridgehead atoms. The number of nitriles is 1. The Hall–Kier alpha value is -4.06. The molecule has 0 aliphatic heterocycles. The Morgan fingerprint density at radius 3 is 2.70 bits per heavy atom. The van der Waals surface area contributed by atoms with E-state index in [1.54, 1.807) is 0 Å². The number of aromatic nitrogens is 6. The van der Waals surface area contributed by atoms with Crippen molar-refractivity contribution in [2.45, 2.75) is 44.6 Å². The summed E-state index contributed by atoms with van der Waals surface area (Å²) in [6.07, 6.45) is 5.25. The van der Waals surface area contributed by atoms with E-state index in [-0.39, 0.29) is 12.3 Å². The first-order valence-corrected chi connectivity index (χ1v) is 11.1. The zero-order chi connectivity index (χ0) is 22.8. The molecule has 5 rings (SSSR count). The maximum absolute atomic E-state index is 12.7. The van der Waals surface area contributed by atoms with E-state index in [1.807, 2.05) is 54.2 Å². The van der Waals surface area contributed by atoms with Crippen LogP contribution in [0.2, 0.25) is 0 Å². The fourth-order valence-corrected chi connectivity index (χ4v) is 4.48. The van der Waals surface area contributed by atoms with E-state index in [2.05, 4.69) is 31.5 Å². The van der Waals surface area contributed by atoms with Gasteiger partial charge in [0.2, 0.25) is 5.91 Å². The van der Waals surface area contributed by atoms with E-state index < -0.39 is 0 Å². The van der Waals surface area contributed by atoms with E-state index in [1.165, 1.54) is 12.8 Å². The highest BCUT2D eigenvalue weighted by atomic mass is 16.1. The zero-order valence-electron chi connectivity index (χ0n) is 18.4. The summed E-state index contributed by atoms with van der Waals surface area (Å²) < 4.78 is 3.86. The molecule has 33 heavy (non-hydrogen) atoms. The minimum Gasteiger partial charge on any atom is -0.331 e. The fourth-order valence-electron chi connectivity index (χ4n) is 4.48. The van der Waals surface area contributed by atoms with Crippen molar-refractivity contribution in [3.8, 4) is 6.07 Å². The lowest BCUT2D eigenvalue weighted by Gasteiger charge is -2.11. The first-order chi connectivity index (χ1) is 16.1. The van der Waals surface area contributed by atoms with Crippen molar-refractivity contribution >= 4 is 22.6 Å². The summed E-state index contributed by atoms with van der Waals surface area (Å²) in [5.74, 6) is 1.36. The van der Waals surface area contributed by atoms with Crippen LogP contribution >= 0.6 is 0 Å². The Balaban J connectivity index is 1.30. The van der Waals surface area contributed by atoms with Crippen LogP contribution in [0.5, 0.6) is 0 Å². The van der Waals surface area contributed by atoms with Gasteiger partial charge in [0.25, 0.3) is 0 Å². The Bertz CT molecular complexity index is 1340. The molecule has 2 aromatic heterocycles. The first kappa shape index (κ1) is 20.8. The van der Waals surface area contributed by atoms with Crippen LogP contribution < -0.4 is 5.32 Å². The second-order valence-corrected chi connectivity index (χ2v) is 8.48. The molecule has 1 saturated carbocycles. The van der Waals surface area contributed by atoms with Gasteiger partial charge in [-0.2, -0.15) is 5.26 Å². The molecule has 1 aliphatic rings. The number of nitrogens with one attached hydrogen (secondary N) is 1. The SMILES string of the molecule is Cn1c(Cc2ccc(C#N)cc2)nc2cc(NC(=O)Cc3nnnn3C3CCCC3)ccc21. The number of anilines is 1. The second-order valence-electron chi connectivity index (χ2n) is 8.48. The molecule has 1 aliphatic carbocycles. The predicted molar refractivity (Wildman–Crippen MR) is 122 cm³/mol. The van der Waals surface area contributed by atoms with Gasteiger partial charge in [0.15, 0.2) is 5.82 Å². The van der Waals surface area contributed by atoms with Crippen LogP contribution in [0.15, 0.2) is 42.5 Å². The number of aryl methyl sites for hydroxylation is 1. The molecule has 0 unspecified atom stereocenters. The van der Waals surface area contributed by atoms with Crippen molar-refractivity contribution in [1.82, 2.24) is 29.8 Å². The van der Waals surface area contributed by atoms with Crippen LogP contribution in [-0.4, -0.2) is 35.7 Å². The molecule has 1 amide bonds. The number of nitrogens with zero attached hydrogens (tertiary/aromatic N) is 7. The molecular formula is C24H24N8O. The number of fused-ring (bicyclic) bond motifs is 1. The third-order valence-electron chi connectivity index (χ3n) is 6.25. The summed E-state index contributed by atoms with van der Waals surface area (Å²) in [6.45, 7) is 0. The van der Waals surface area contributed by atoms with Crippen LogP contribution in [0.1, 0.15) is 54.5 Å². The third kappa shape index (κ3) is 4.32. The van der Waals surface area contributed by atoms with E-state index >= 15 is 0 Å². The molecule has 2 aromatic carbocycles. The Kier molecular flexibility index (Phi) is 5.57. The van der Waals surface area contributed by atoms with Crippen molar-refractivity contribution in [2.24, 2.45) is 7.05 Å². The first-order valence-electron chi connectivity index (χ1n) is 11.1. The van der Waals surface area contributed by atoms with Gasteiger partial charge in [-0.05, 0) is 59.2 Å². The average Bonchev–Trinajstić information content (AvgIpc) is 3.56. The molecule has 4 aromatic rings. The quantitative estimate of drug-likeness (QED) is 0.492. The van der Waals surface area contributed by atoms with E-state index in [4.69, 9.17) is 10.2 Å². The number of tetrazole rings is 1. The van der Waals surface area contributed by atoms with Crippen molar-refractivity contribution < 1.29 is 4.79 Å². The zero-order valence-corrected chi connectivity index (χ0v) is 18.4. The number of benzene rings is 2. The van der Waals surface area contributed by atoms with E-state index in [0.29, 0.717) is 29.5 Å².